The molecule has 2 rings (SSSR count). The molecule has 0 bridgehead atoms. The van der Waals surface area contributed by atoms with Gasteiger partial charge in [-0.3, -0.25) is 0 Å². The van der Waals surface area contributed by atoms with E-state index in [1.807, 2.05) is 13.8 Å². The fourth-order valence-electron chi connectivity index (χ4n) is 2.71. The second-order valence-corrected chi connectivity index (χ2v) is 5.29. The Morgan fingerprint density at radius 2 is 2.06 bits per heavy atom. The molecule has 0 radical (unpaired) electrons. The molecule has 0 saturated heterocycles. The molecule has 2 heteroatoms. The lowest BCUT2D eigenvalue weighted by Crippen LogP contribution is -2.38. The Morgan fingerprint density at radius 3 is 2.69 bits per heavy atom. The number of rotatable bonds is 3. The van der Waals surface area contributed by atoms with Gasteiger partial charge in [0.15, 0.2) is 0 Å². The molecule has 1 unspecified atom stereocenters. The maximum atomic E-state index is 9.94. The third-order valence-corrected chi connectivity index (χ3v) is 3.27. The second-order valence-electron chi connectivity index (χ2n) is 5.29. The molecule has 1 aliphatic heterocycles. The van der Waals surface area contributed by atoms with Crippen molar-refractivity contribution in [1.82, 2.24) is 0 Å². The molecule has 0 saturated carbocycles. The molecule has 1 aliphatic rings. The smallest absolute Gasteiger partial charge is 0.0611 e. The predicted octanol–water partition coefficient (Wildman–Crippen LogP) is 2.60. The molecule has 88 valence electrons. The Bertz CT molecular complexity index is 367. The van der Waals surface area contributed by atoms with E-state index in [4.69, 9.17) is 0 Å². The lowest BCUT2D eigenvalue weighted by molar-refractivity contribution is 0.0636. The van der Waals surface area contributed by atoms with Crippen LogP contribution in [0.15, 0.2) is 24.3 Å². The van der Waals surface area contributed by atoms with Crippen molar-refractivity contribution < 1.29 is 5.11 Å². The average Bonchev–Trinajstić information content (AvgIpc) is 2.51. The molecule has 16 heavy (non-hydrogen) atoms. The number of hydrogen-bond acceptors (Lipinski definition) is 2. The summed E-state index contributed by atoms with van der Waals surface area (Å²) < 4.78 is 0. The quantitative estimate of drug-likeness (QED) is 0.844. The van der Waals surface area contributed by atoms with Crippen LogP contribution in [0.4, 0.5) is 5.69 Å². The average molecular weight is 219 g/mol. The van der Waals surface area contributed by atoms with Crippen LogP contribution in [0.25, 0.3) is 0 Å². The van der Waals surface area contributed by atoms with Crippen molar-refractivity contribution in [3.8, 4) is 0 Å². The highest BCUT2D eigenvalue weighted by molar-refractivity contribution is 5.59. The normalized spacial score (nSPS) is 20.0. The summed E-state index contributed by atoms with van der Waals surface area (Å²) in [5, 5.41) is 9.94. The van der Waals surface area contributed by atoms with Crippen LogP contribution >= 0.6 is 0 Å². The van der Waals surface area contributed by atoms with Gasteiger partial charge in [-0.05, 0) is 45.2 Å². The van der Waals surface area contributed by atoms with E-state index in [1.54, 1.807) is 0 Å². The minimum absolute atomic E-state index is 0.447. The highest BCUT2D eigenvalue weighted by Gasteiger charge is 2.31. The van der Waals surface area contributed by atoms with Gasteiger partial charge in [0.2, 0.25) is 0 Å². The summed E-state index contributed by atoms with van der Waals surface area (Å²) in [6.45, 7) is 6.98. The Hall–Kier alpha value is -1.02. The van der Waals surface area contributed by atoms with Gasteiger partial charge in [0.05, 0.1) is 5.60 Å². The predicted molar refractivity (Wildman–Crippen MR) is 67.9 cm³/mol. The van der Waals surface area contributed by atoms with E-state index < -0.39 is 5.60 Å². The molecule has 0 spiro atoms. The minimum atomic E-state index is -0.583. The van der Waals surface area contributed by atoms with E-state index in [-0.39, 0.29) is 0 Å². The van der Waals surface area contributed by atoms with Crippen LogP contribution in [0.5, 0.6) is 0 Å². The van der Waals surface area contributed by atoms with E-state index in [0.29, 0.717) is 6.04 Å². The van der Waals surface area contributed by atoms with Crippen molar-refractivity contribution in [3.05, 3.63) is 29.8 Å². The highest BCUT2D eigenvalue weighted by atomic mass is 16.3. The van der Waals surface area contributed by atoms with Gasteiger partial charge in [0.25, 0.3) is 0 Å². The summed E-state index contributed by atoms with van der Waals surface area (Å²) in [6, 6.07) is 9.01. The molecular weight excluding hydrogens is 198 g/mol. The van der Waals surface area contributed by atoms with Crippen LogP contribution in [0.3, 0.4) is 0 Å². The number of likely N-dealkylation sites (N-methyl/N-ethyl adjacent to an activating group) is 1. The molecule has 0 aliphatic carbocycles. The van der Waals surface area contributed by atoms with Crippen molar-refractivity contribution in [2.45, 2.75) is 45.3 Å². The van der Waals surface area contributed by atoms with Crippen LogP contribution in [0, 0.1) is 0 Å². The van der Waals surface area contributed by atoms with Crippen LogP contribution in [0.2, 0.25) is 0 Å². The van der Waals surface area contributed by atoms with Crippen molar-refractivity contribution in [3.63, 3.8) is 0 Å². The molecule has 0 fully saturated rings. The highest BCUT2D eigenvalue weighted by Crippen LogP contribution is 2.34. The van der Waals surface area contributed by atoms with E-state index in [1.165, 1.54) is 11.3 Å². The third kappa shape index (κ3) is 2.22. The first-order valence-corrected chi connectivity index (χ1v) is 6.08. The van der Waals surface area contributed by atoms with Crippen LogP contribution < -0.4 is 4.90 Å². The number of aliphatic hydroxyl groups is 1. The van der Waals surface area contributed by atoms with Gasteiger partial charge in [0.1, 0.15) is 0 Å². The van der Waals surface area contributed by atoms with Gasteiger partial charge in [-0.25, -0.2) is 0 Å². The summed E-state index contributed by atoms with van der Waals surface area (Å²) in [7, 11) is 0. The van der Waals surface area contributed by atoms with Crippen LogP contribution in [-0.4, -0.2) is 23.3 Å². The number of fused-ring (bicyclic) bond motifs is 1. The molecule has 0 aromatic heterocycles. The monoisotopic (exact) mass is 219 g/mol. The second kappa shape index (κ2) is 4.10. The third-order valence-electron chi connectivity index (χ3n) is 3.27. The number of benzene rings is 1. The largest absolute Gasteiger partial charge is 0.390 e. The Balaban J connectivity index is 2.21. The molecule has 2 nitrogen and oxygen atoms in total. The summed E-state index contributed by atoms with van der Waals surface area (Å²) in [5.74, 6) is 0. The lowest BCUT2D eigenvalue weighted by atomic mass is 9.96. The summed E-state index contributed by atoms with van der Waals surface area (Å²) in [5.41, 5.74) is 2.18. The van der Waals surface area contributed by atoms with Gasteiger partial charge in [-0.2, -0.15) is 0 Å². The molecule has 1 aromatic carbocycles. The zero-order valence-corrected chi connectivity index (χ0v) is 10.4. The molecule has 1 atom stereocenters. The van der Waals surface area contributed by atoms with Gasteiger partial charge in [-0.15, -0.1) is 0 Å². The van der Waals surface area contributed by atoms with Crippen molar-refractivity contribution in [1.29, 1.82) is 0 Å². The molecule has 1 N–H and O–H groups in total. The Morgan fingerprint density at radius 1 is 1.38 bits per heavy atom. The minimum Gasteiger partial charge on any atom is -0.390 e. The van der Waals surface area contributed by atoms with Gasteiger partial charge < -0.3 is 10.0 Å². The van der Waals surface area contributed by atoms with Crippen molar-refractivity contribution in [2.24, 2.45) is 0 Å². The molecule has 1 heterocycles. The fraction of sp³-hybridized carbons (Fsp3) is 0.571. The molecule has 0 amide bonds. The first kappa shape index (κ1) is 11.5. The first-order chi connectivity index (χ1) is 7.51. The van der Waals surface area contributed by atoms with Crippen LogP contribution in [0.1, 0.15) is 32.8 Å². The molecular formula is C14H21NO. The van der Waals surface area contributed by atoms with E-state index in [2.05, 4.69) is 36.1 Å². The number of nitrogens with zero attached hydrogens (tertiary/aromatic N) is 1. The zero-order valence-electron chi connectivity index (χ0n) is 10.4. The number of hydrogen-bond donors (Lipinski definition) is 1. The number of anilines is 1. The van der Waals surface area contributed by atoms with Crippen molar-refractivity contribution >= 4 is 5.69 Å². The zero-order chi connectivity index (χ0) is 11.8. The van der Waals surface area contributed by atoms with Gasteiger partial charge in [0, 0.05) is 18.3 Å². The van der Waals surface area contributed by atoms with Crippen molar-refractivity contribution in [2.75, 3.05) is 11.4 Å². The Kier molecular flexibility index (Phi) is 2.94. The maximum absolute atomic E-state index is 9.94. The lowest BCUT2D eigenvalue weighted by Gasteiger charge is -2.30. The SMILES string of the molecule is CCN1c2ccccc2CC1CC(C)(C)O. The van der Waals surface area contributed by atoms with Gasteiger partial charge in [-0.1, -0.05) is 18.2 Å². The summed E-state index contributed by atoms with van der Waals surface area (Å²) in [6.07, 6.45) is 1.89. The number of para-hydroxylation sites is 1. The maximum Gasteiger partial charge on any atom is 0.0611 e. The fourth-order valence-corrected chi connectivity index (χ4v) is 2.71. The summed E-state index contributed by atoms with van der Waals surface area (Å²) in [4.78, 5) is 2.41. The topological polar surface area (TPSA) is 23.5 Å². The van der Waals surface area contributed by atoms with Gasteiger partial charge >= 0.3 is 0 Å². The van der Waals surface area contributed by atoms with E-state index in [9.17, 15) is 5.11 Å². The van der Waals surface area contributed by atoms with E-state index >= 15 is 0 Å². The first-order valence-electron chi connectivity index (χ1n) is 6.08. The summed E-state index contributed by atoms with van der Waals surface area (Å²) >= 11 is 0. The molecule has 1 aromatic rings. The standard InChI is InChI=1S/C14H21NO/c1-4-15-12(10-14(2,3)16)9-11-7-5-6-8-13(11)15/h5-8,12,16H,4,9-10H2,1-3H3. The Labute approximate surface area is 97.9 Å². The van der Waals surface area contributed by atoms with E-state index in [0.717, 1.165) is 19.4 Å². The van der Waals surface area contributed by atoms with Crippen LogP contribution in [-0.2, 0) is 6.42 Å².